The Kier molecular flexibility index (Phi) is 6.04. The Morgan fingerprint density at radius 3 is 2.72 bits per heavy atom. The number of nitrogens with one attached hydrogen (secondary N) is 2. The summed E-state index contributed by atoms with van der Waals surface area (Å²) in [6.45, 7) is 2.71. The highest BCUT2D eigenvalue weighted by Gasteiger charge is 2.20. The molecule has 1 saturated heterocycles. The van der Waals surface area contributed by atoms with Gasteiger partial charge in [0.25, 0.3) is 0 Å². The van der Waals surface area contributed by atoms with Gasteiger partial charge in [0.1, 0.15) is 5.82 Å². The molecule has 0 saturated carbocycles. The van der Waals surface area contributed by atoms with Crippen LogP contribution in [0.3, 0.4) is 0 Å². The van der Waals surface area contributed by atoms with E-state index < -0.39 is 0 Å². The van der Waals surface area contributed by atoms with Crippen LogP contribution in [0.2, 0.25) is 0 Å². The zero-order chi connectivity index (χ0) is 19.9. The second-order valence-corrected chi connectivity index (χ2v) is 7.14. The van der Waals surface area contributed by atoms with Crippen LogP contribution in [-0.2, 0) is 6.54 Å². The quantitative estimate of drug-likeness (QED) is 0.519. The van der Waals surface area contributed by atoms with Gasteiger partial charge in [-0.05, 0) is 48.7 Å². The molecule has 0 bridgehead atoms. The minimum absolute atomic E-state index is 0.413. The third kappa shape index (κ3) is 4.93. The van der Waals surface area contributed by atoms with Gasteiger partial charge in [-0.25, -0.2) is 9.67 Å². The molecule has 7 heteroatoms. The van der Waals surface area contributed by atoms with Crippen LogP contribution in [0.5, 0.6) is 0 Å². The van der Waals surface area contributed by atoms with E-state index in [0.29, 0.717) is 12.6 Å². The van der Waals surface area contributed by atoms with Crippen molar-refractivity contribution in [1.29, 1.82) is 0 Å². The van der Waals surface area contributed by atoms with E-state index in [0.717, 1.165) is 43.4 Å². The number of anilines is 1. The first-order chi connectivity index (χ1) is 14.3. The van der Waals surface area contributed by atoms with Crippen LogP contribution in [-0.4, -0.2) is 46.9 Å². The normalized spacial score (nSPS) is 15.3. The topological polar surface area (TPSA) is 70.4 Å². The fourth-order valence-corrected chi connectivity index (χ4v) is 3.60. The van der Waals surface area contributed by atoms with E-state index in [1.165, 1.54) is 5.56 Å². The number of guanidine groups is 1. The van der Waals surface area contributed by atoms with Crippen molar-refractivity contribution in [3.05, 3.63) is 72.7 Å². The van der Waals surface area contributed by atoms with E-state index >= 15 is 0 Å². The average Bonchev–Trinajstić information content (AvgIpc) is 3.33. The summed E-state index contributed by atoms with van der Waals surface area (Å²) in [5, 5.41) is 11.3. The predicted molar refractivity (Wildman–Crippen MR) is 116 cm³/mol. The second-order valence-electron chi connectivity index (χ2n) is 7.14. The van der Waals surface area contributed by atoms with Crippen LogP contribution in [0.4, 0.5) is 5.82 Å². The van der Waals surface area contributed by atoms with E-state index in [-0.39, 0.29) is 0 Å². The van der Waals surface area contributed by atoms with Crippen LogP contribution in [0, 0.1) is 0 Å². The number of hydrogen-bond acceptors (Lipinski definition) is 4. The van der Waals surface area contributed by atoms with Crippen molar-refractivity contribution < 1.29 is 0 Å². The molecule has 1 fully saturated rings. The molecule has 1 aromatic carbocycles. The van der Waals surface area contributed by atoms with Gasteiger partial charge in [0.05, 0.1) is 5.69 Å². The zero-order valence-corrected chi connectivity index (χ0v) is 16.7. The summed E-state index contributed by atoms with van der Waals surface area (Å²) >= 11 is 0. The van der Waals surface area contributed by atoms with Gasteiger partial charge < -0.3 is 15.5 Å². The standard InChI is InChI=1S/C22H27N7/c1-23-22(25-17-18-6-4-7-20(16-18)29-13-5-12-26-29)27-19-9-14-28(15-10-19)21-8-2-3-11-24-21/h2-8,11-13,16,19H,9-10,14-15,17H2,1H3,(H2,23,25,27). The molecule has 1 aliphatic rings. The SMILES string of the molecule is CN=C(NCc1cccc(-n2cccn2)c1)NC1CCN(c2ccccn2)CC1. The van der Waals surface area contributed by atoms with Gasteiger partial charge in [-0.1, -0.05) is 18.2 Å². The Labute approximate surface area is 171 Å². The van der Waals surface area contributed by atoms with Gasteiger partial charge in [0.2, 0.25) is 0 Å². The van der Waals surface area contributed by atoms with Crippen molar-refractivity contribution in [1.82, 2.24) is 25.4 Å². The number of nitrogens with zero attached hydrogens (tertiary/aromatic N) is 5. The van der Waals surface area contributed by atoms with E-state index in [9.17, 15) is 0 Å². The van der Waals surface area contributed by atoms with Crippen molar-refractivity contribution in [3.63, 3.8) is 0 Å². The summed E-state index contributed by atoms with van der Waals surface area (Å²) < 4.78 is 1.87. The number of hydrogen-bond donors (Lipinski definition) is 2. The van der Waals surface area contributed by atoms with Crippen molar-refractivity contribution in [2.24, 2.45) is 4.99 Å². The first-order valence-corrected chi connectivity index (χ1v) is 10.0. The maximum absolute atomic E-state index is 4.46. The third-order valence-corrected chi connectivity index (χ3v) is 5.17. The smallest absolute Gasteiger partial charge is 0.191 e. The highest BCUT2D eigenvalue weighted by atomic mass is 15.3. The molecular formula is C22H27N7. The predicted octanol–water partition coefficient (Wildman–Crippen LogP) is 2.60. The van der Waals surface area contributed by atoms with E-state index in [4.69, 9.17) is 0 Å². The molecule has 0 aliphatic carbocycles. The summed E-state index contributed by atoms with van der Waals surface area (Å²) in [5.74, 6) is 1.90. The van der Waals surface area contributed by atoms with Gasteiger partial charge in [-0.3, -0.25) is 4.99 Å². The van der Waals surface area contributed by atoms with Gasteiger partial charge in [0.15, 0.2) is 5.96 Å². The Hall–Kier alpha value is -3.35. The fourth-order valence-electron chi connectivity index (χ4n) is 3.60. The summed E-state index contributed by atoms with van der Waals surface area (Å²) in [7, 11) is 1.82. The summed E-state index contributed by atoms with van der Waals surface area (Å²) in [6.07, 6.45) is 7.71. The molecule has 2 N–H and O–H groups in total. The molecule has 29 heavy (non-hydrogen) atoms. The molecule has 0 spiro atoms. The summed E-state index contributed by atoms with van der Waals surface area (Å²) in [4.78, 5) is 11.2. The lowest BCUT2D eigenvalue weighted by molar-refractivity contribution is 0.459. The molecule has 3 aromatic rings. The molecular weight excluding hydrogens is 362 g/mol. The van der Waals surface area contributed by atoms with Gasteiger partial charge >= 0.3 is 0 Å². The number of pyridine rings is 1. The van der Waals surface area contributed by atoms with Crippen LogP contribution >= 0.6 is 0 Å². The molecule has 150 valence electrons. The lowest BCUT2D eigenvalue weighted by Gasteiger charge is -2.33. The number of aliphatic imine (C=N–C) groups is 1. The van der Waals surface area contributed by atoms with Crippen LogP contribution in [0.25, 0.3) is 5.69 Å². The second kappa shape index (κ2) is 9.23. The molecule has 1 aliphatic heterocycles. The summed E-state index contributed by atoms with van der Waals surface area (Å²) in [5.41, 5.74) is 2.24. The van der Waals surface area contributed by atoms with Crippen LogP contribution < -0.4 is 15.5 Å². The first-order valence-electron chi connectivity index (χ1n) is 10.0. The van der Waals surface area contributed by atoms with E-state index in [1.54, 1.807) is 6.20 Å². The minimum atomic E-state index is 0.413. The average molecular weight is 390 g/mol. The van der Waals surface area contributed by atoms with Crippen molar-refractivity contribution in [3.8, 4) is 5.69 Å². The number of aromatic nitrogens is 3. The molecule has 0 unspecified atom stereocenters. The zero-order valence-electron chi connectivity index (χ0n) is 16.7. The largest absolute Gasteiger partial charge is 0.356 e. The van der Waals surface area contributed by atoms with Gasteiger partial charge in [-0.2, -0.15) is 5.10 Å². The third-order valence-electron chi connectivity index (χ3n) is 5.17. The maximum atomic E-state index is 4.46. The first kappa shape index (κ1) is 19.0. The molecule has 0 amide bonds. The molecule has 2 aromatic heterocycles. The molecule has 7 nitrogen and oxygen atoms in total. The Morgan fingerprint density at radius 2 is 2.00 bits per heavy atom. The Morgan fingerprint density at radius 1 is 1.10 bits per heavy atom. The Bertz CT molecular complexity index is 913. The molecule has 0 atom stereocenters. The van der Waals surface area contributed by atoms with Gasteiger partial charge in [0, 0.05) is 51.3 Å². The number of piperidine rings is 1. The van der Waals surface area contributed by atoms with Gasteiger partial charge in [-0.15, -0.1) is 0 Å². The number of benzene rings is 1. The number of rotatable bonds is 5. The molecule has 3 heterocycles. The summed E-state index contributed by atoms with van der Waals surface area (Å²) in [6, 6.07) is 16.8. The lowest BCUT2D eigenvalue weighted by Crippen LogP contribution is -2.48. The highest BCUT2D eigenvalue weighted by Crippen LogP contribution is 2.17. The minimum Gasteiger partial charge on any atom is -0.356 e. The Balaban J connectivity index is 1.28. The fraction of sp³-hybridized carbons (Fsp3) is 0.318. The van der Waals surface area contributed by atoms with E-state index in [1.807, 2.05) is 42.3 Å². The van der Waals surface area contributed by atoms with E-state index in [2.05, 4.69) is 60.9 Å². The van der Waals surface area contributed by atoms with Crippen molar-refractivity contribution >= 4 is 11.8 Å². The highest BCUT2D eigenvalue weighted by molar-refractivity contribution is 5.80. The molecule has 0 radical (unpaired) electrons. The van der Waals surface area contributed by atoms with Crippen LogP contribution in [0.15, 0.2) is 72.1 Å². The molecule has 4 rings (SSSR count). The maximum Gasteiger partial charge on any atom is 0.191 e. The van der Waals surface area contributed by atoms with Crippen molar-refractivity contribution in [2.75, 3.05) is 25.0 Å². The van der Waals surface area contributed by atoms with Crippen molar-refractivity contribution in [2.45, 2.75) is 25.4 Å². The monoisotopic (exact) mass is 389 g/mol. The van der Waals surface area contributed by atoms with Crippen LogP contribution in [0.1, 0.15) is 18.4 Å². The lowest BCUT2D eigenvalue weighted by atomic mass is 10.1.